The maximum Gasteiger partial charge on any atom is 0.343 e. The summed E-state index contributed by atoms with van der Waals surface area (Å²) in [4.78, 5) is 12.2. The third-order valence-corrected chi connectivity index (χ3v) is 3.27. The number of rotatable bonds is 2. The van der Waals surface area contributed by atoms with Crippen LogP contribution >= 0.6 is 0 Å². The number of para-hydroxylation sites is 1. The van der Waals surface area contributed by atoms with Crippen LogP contribution in [-0.4, -0.2) is 12.5 Å². The van der Waals surface area contributed by atoms with Crippen LogP contribution in [0.4, 0.5) is 5.69 Å². The third kappa shape index (κ3) is 2.45. The maximum absolute atomic E-state index is 12.2. The van der Waals surface area contributed by atoms with Gasteiger partial charge in [-0.05, 0) is 42.7 Å². The second-order valence-electron chi connectivity index (χ2n) is 4.56. The normalized spacial score (nSPS) is 13.3. The number of esters is 1. The summed E-state index contributed by atoms with van der Waals surface area (Å²) in [5.74, 6) is 0.292. The van der Waals surface area contributed by atoms with Gasteiger partial charge in [0.15, 0.2) is 0 Å². The number of ether oxygens (including phenoxy) is 1. The van der Waals surface area contributed by atoms with Crippen molar-refractivity contribution in [1.82, 2.24) is 0 Å². The Morgan fingerprint density at radius 3 is 2.74 bits per heavy atom. The average molecular weight is 253 g/mol. The number of hydrogen-bond acceptors (Lipinski definition) is 3. The van der Waals surface area contributed by atoms with E-state index in [2.05, 4.69) is 5.32 Å². The van der Waals surface area contributed by atoms with E-state index < -0.39 is 0 Å². The first-order valence-electron chi connectivity index (χ1n) is 6.47. The Morgan fingerprint density at radius 2 is 1.89 bits per heavy atom. The van der Waals surface area contributed by atoms with Crippen LogP contribution in [0.15, 0.2) is 48.5 Å². The van der Waals surface area contributed by atoms with Gasteiger partial charge in [-0.15, -0.1) is 0 Å². The molecule has 0 saturated heterocycles. The van der Waals surface area contributed by atoms with Crippen molar-refractivity contribution >= 4 is 11.7 Å². The summed E-state index contributed by atoms with van der Waals surface area (Å²) in [7, 11) is 0. The number of fused-ring (bicyclic) bond motifs is 1. The summed E-state index contributed by atoms with van der Waals surface area (Å²) in [6.45, 7) is 0.962. The topological polar surface area (TPSA) is 38.3 Å². The minimum atomic E-state index is -0.285. The number of benzene rings is 2. The predicted molar refractivity (Wildman–Crippen MR) is 74.7 cm³/mol. The second-order valence-corrected chi connectivity index (χ2v) is 4.56. The van der Waals surface area contributed by atoms with Crippen LogP contribution in [0.1, 0.15) is 22.3 Å². The second kappa shape index (κ2) is 5.14. The van der Waals surface area contributed by atoms with E-state index in [0.717, 1.165) is 30.6 Å². The van der Waals surface area contributed by atoms with E-state index in [-0.39, 0.29) is 5.97 Å². The zero-order chi connectivity index (χ0) is 13.1. The fraction of sp³-hybridized carbons (Fsp3) is 0.188. The molecule has 1 N–H and O–H groups in total. The van der Waals surface area contributed by atoms with Crippen molar-refractivity contribution in [3.63, 3.8) is 0 Å². The van der Waals surface area contributed by atoms with E-state index in [4.69, 9.17) is 4.74 Å². The molecule has 96 valence electrons. The molecule has 0 saturated carbocycles. The van der Waals surface area contributed by atoms with E-state index in [1.54, 1.807) is 12.1 Å². The van der Waals surface area contributed by atoms with E-state index in [1.807, 2.05) is 36.4 Å². The summed E-state index contributed by atoms with van der Waals surface area (Å²) < 4.78 is 5.40. The molecular formula is C16H15NO2. The molecule has 3 nitrogen and oxygen atoms in total. The molecule has 2 aromatic carbocycles. The highest BCUT2D eigenvalue weighted by Crippen LogP contribution is 2.26. The number of nitrogens with one attached hydrogen (secondary N) is 1. The third-order valence-electron chi connectivity index (χ3n) is 3.27. The van der Waals surface area contributed by atoms with Gasteiger partial charge in [-0.3, -0.25) is 0 Å². The molecule has 0 aromatic heterocycles. The number of anilines is 1. The summed E-state index contributed by atoms with van der Waals surface area (Å²) in [5, 5.41) is 3.31. The molecule has 0 aliphatic carbocycles. The molecule has 0 atom stereocenters. The lowest BCUT2D eigenvalue weighted by Crippen LogP contribution is -2.18. The van der Waals surface area contributed by atoms with Crippen molar-refractivity contribution in [2.45, 2.75) is 12.8 Å². The Bertz CT molecular complexity index is 593. The molecule has 2 aromatic rings. The van der Waals surface area contributed by atoms with Crippen LogP contribution in [0.25, 0.3) is 0 Å². The molecule has 19 heavy (non-hydrogen) atoms. The highest BCUT2D eigenvalue weighted by Gasteiger charge is 2.18. The van der Waals surface area contributed by atoms with Crippen LogP contribution in [0.5, 0.6) is 5.75 Å². The lowest BCUT2D eigenvalue weighted by atomic mass is 9.98. The van der Waals surface area contributed by atoms with Gasteiger partial charge in [-0.1, -0.05) is 24.3 Å². The van der Waals surface area contributed by atoms with Gasteiger partial charge in [0.25, 0.3) is 0 Å². The van der Waals surface area contributed by atoms with Gasteiger partial charge >= 0.3 is 5.97 Å². The average Bonchev–Trinajstić information content (AvgIpc) is 2.47. The summed E-state index contributed by atoms with van der Waals surface area (Å²) in [6, 6.07) is 14.9. The van der Waals surface area contributed by atoms with Crippen molar-refractivity contribution in [2.75, 3.05) is 11.9 Å². The lowest BCUT2D eigenvalue weighted by molar-refractivity contribution is 0.0733. The molecule has 1 heterocycles. The number of hydrogen-bond donors (Lipinski definition) is 1. The van der Waals surface area contributed by atoms with Crippen LogP contribution in [-0.2, 0) is 6.42 Å². The van der Waals surface area contributed by atoms with Gasteiger partial charge in [0.2, 0.25) is 0 Å². The smallest absolute Gasteiger partial charge is 0.343 e. The Kier molecular flexibility index (Phi) is 3.19. The summed E-state index contributed by atoms with van der Waals surface area (Å²) in [6.07, 6.45) is 1.96. The summed E-state index contributed by atoms with van der Waals surface area (Å²) in [5.41, 5.74) is 2.77. The lowest BCUT2D eigenvalue weighted by Gasteiger charge is -2.20. The van der Waals surface area contributed by atoms with Crippen LogP contribution in [0, 0.1) is 0 Å². The Hall–Kier alpha value is -2.29. The van der Waals surface area contributed by atoms with Gasteiger partial charge in [0, 0.05) is 12.2 Å². The van der Waals surface area contributed by atoms with Gasteiger partial charge in [-0.2, -0.15) is 0 Å². The van der Waals surface area contributed by atoms with E-state index >= 15 is 0 Å². The monoisotopic (exact) mass is 253 g/mol. The predicted octanol–water partition coefficient (Wildman–Crippen LogP) is 3.26. The Balaban J connectivity index is 1.88. The first kappa shape index (κ1) is 11.8. The van der Waals surface area contributed by atoms with Crippen LogP contribution in [0.3, 0.4) is 0 Å². The van der Waals surface area contributed by atoms with Crippen molar-refractivity contribution in [1.29, 1.82) is 0 Å². The molecule has 0 spiro atoms. The minimum absolute atomic E-state index is 0.285. The molecule has 0 radical (unpaired) electrons. The van der Waals surface area contributed by atoms with Gasteiger partial charge in [0.05, 0.1) is 5.56 Å². The molecule has 0 bridgehead atoms. The summed E-state index contributed by atoms with van der Waals surface area (Å²) >= 11 is 0. The van der Waals surface area contributed by atoms with E-state index in [1.165, 1.54) is 0 Å². The van der Waals surface area contributed by atoms with E-state index in [9.17, 15) is 4.79 Å². The quantitative estimate of drug-likeness (QED) is 0.659. The van der Waals surface area contributed by atoms with Gasteiger partial charge in [-0.25, -0.2) is 4.79 Å². The largest absolute Gasteiger partial charge is 0.423 e. The van der Waals surface area contributed by atoms with Crippen molar-refractivity contribution in [2.24, 2.45) is 0 Å². The van der Waals surface area contributed by atoms with Crippen molar-refractivity contribution < 1.29 is 9.53 Å². The fourth-order valence-electron chi connectivity index (χ4n) is 2.35. The highest BCUT2D eigenvalue weighted by molar-refractivity contribution is 5.94. The highest BCUT2D eigenvalue weighted by atomic mass is 16.5. The zero-order valence-electron chi connectivity index (χ0n) is 10.6. The maximum atomic E-state index is 12.2. The molecule has 0 fully saturated rings. The Labute approximate surface area is 112 Å². The van der Waals surface area contributed by atoms with Gasteiger partial charge in [0.1, 0.15) is 5.75 Å². The van der Waals surface area contributed by atoms with Crippen LogP contribution in [0.2, 0.25) is 0 Å². The molecule has 0 amide bonds. The van der Waals surface area contributed by atoms with Crippen molar-refractivity contribution in [3.05, 3.63) is 59.7 Å². The van der Waals surface area contributed by atoms with E-state index in [0.29, 0.717) is 11.3 Å². The minimum Gasteiger partial charge on any atom is -0.423 e. The SMILES string of the molecule is O=C(Oc1ccccc1)c1cccc2c1CCCN2. The molecule has 3 heteroatoms. The molecule has 3 rings (SSSR count). The molecule has 1 aliphatic rings. The van der Waals surface area contributed by atoms with Crippen molar-refractivity contribution in [3.8, 4) is 5.75 Å². The molecule has 0 unspecified atom stereocenters. The zero-order valence-corrected chi connectivity index (χ0v) is 10.6. The molecule has 1 aliphatic heterocycles. The first-order chi connectivity index (χ1) is 9.34. The number of carbonyl (C=O) groups is 1. The fourth-order valence-corrected chi connectivity index (χ4v) is 2.35. The van der Waals surface area contributed by atoms with Gasteiger partial charge < -0.3 is 10.1 Å². The Morgan fingerprint density at radius 1 is 1.05 bits per heavy atom. The standard InChI is InChI=1S/C16H15NO2/c18-16(19-12-6-2-1-3-7-12)14-8-4-10-15-13(14)9-5-11-17-15/h1-4,6-8,10,17H,5,9,11H2. The van der Waals surface area contributed by atoms with Crippen LogP contribution < -0.4 is 10.1 Å². The first-order valence-corrected chi connectivity index (χ1v) is 6.47. The molecular weight excluding hydrogens is 238 g/mol. The number of carbonyl (C=O) groups excluding carboxylic acids is 1.